The molecule has 0 spiro atoms. The van der Waals surface area contributed by atoms with Crippen LogP contribution in [0, 0.1) is 5.92 Å². The van der Waals surface area contributed by atoms with Crippen LogP contribution in [0.4, 0.5) is 5.69 Å². The lowest BCUT2D eigenvalue weighted by atomic mass is 10.0. The first kappa shape index (κ1) is 17.3. The topological polar surface area (TPSA) is 46.6 Å². The number of rotatable bonds is 6. The minimum atomic E-state index is -0.501. The van der Waals surface area contributed by atoms with E-state index in [9.17, 15) is 9.59 Å². The summed E-state index contributed by atoms with van der Waals surface area (Å²) in [7, 11) is 0. The Morgan fingerprint density at radius 2 is 2.09 bits per heavy atom. The monoisotopic (exact) mass is 315 g/mol. The highest BCUT2D eigenvalue weighted by molar-refractivity contribution is 6.03. The fourth-order valence-corrected chi connectivity index (χ4v) is 2.69. The van der Waals surface area contributed by atoms with Gasteiger partial charge in [-0.15, -0.1) is 0 Å². The molecule has 0 radical (unpaired) electrons. The molecule has 0 bridgehead atoms. The average molecular weight is 315 g/mol. The summed E-state index contributed by atoms with van der Waals surface area (Å²) in [5, 5.41) is 0. The Hall–Kier alpha value is -2.10. The van der Waals surface area contributed by atoms with Crippen molar-refractivity contribution in [1.82, 2.24) is 0 Å². The number of carbonyl (C=O) groups excluding carboxylic acids is 2. The van der Waals surface area contributed by atoms with E-state index < -0.39 is 6.10 Å². The number of nitrogens with zero attached hydrogens (tertiary/aromatic N) is 1. The highest BCUT2D eigenvalue weighted by atomic mass is 16.5. The summed E-state index contributed by atoms with van der Waals surface area (Å²) in [5.74, 6) is 0.738. The number of anilines is 1. The van der Waals surface area contributed by atoms with Gasteiger partial charge in [0.15, 0.2) is 11.9 Å². The molecule has 124 valence electrons. The molecule has 23 heavy (non-hydrogen) atoms. The Kier molecular flexibility index (Phi) is 5.24. The van der Waals surface area contributed by atoms with Crippen LogP contribution in [0.5, 0.6) is 5.75 Å². The quantitative estimate of drug-likeness (QED) is 0.589. The normalized spacial score (nSPS) is 17.0. The molecular weight excluding hydrogens is 290 g/mol. The van der Waals surface area contributed by atoms with E-state index in [-0.39, 0.29) is 17.6 Å². The standard InChI is InChI=1S/C19H25NO3/c1-6-7-16(21)14-8-9-17-15(10-14)20(11-12(2)3)19(22)18(23-17)13(4)5/h8-10,13,18H,2,6-7,11H2,1,3-5H3. The summed E-state index contributed by atoms with van der Waals surface area (Å²) in [6.45, 7) is 12.1. The first-order valence-corrected chi connectivity index (χ1v) is 8.14. The third-order valence-corrected chi connectivity index (χ3v) is 3.85. The second kappa shape index (κ2) is 6.99. The van der Waals surface area contributed by atoms with E-state index in [1.54, 1.807) is 23.1 Å². The lowest BCUT2D eigenvalue weighted by Gasteiger charge is -2.36. The molecule has 1 atom stereocenters. The third-order valence-electron chi connectivity index (χ3n) is 3.85. The SMILES string of the molecule is C=C(C)CN1C(=O)C(C(C)C)Oc2ccc(C(=O)CCC)cc21. The van der Waals surface area contributed by atoms with Gasteiger partial charge in [0.05, 0.1) is 5.69 Å². The number of carbonyl (C=O) groups is 2. The van der Waals surface area contributed by atoms with Crippen LogP contribution < -0.4 is 9.64 Å². The number of amides is 1. The summed E-state index contributed by atoms with van der Waals surface area (Å²) >= 11 is 0. The molecule has 1 unspecified atom stereocenters. The molecule has 0 aliphatic carbocycles. The number of ether oxygens (including phenoxy) is 1. The van der Waals surface area contributed by atoms with Gasteiger partial charge in [-0.2, -0.15) is 0 Å². The summed E-state index contributed by atoms with van der Waals surface area (Å²) in [5.41, 5.74) is 2.17. The second-order valence-electron chi connectivity index (χ2n) is 6.52. The number of fused-ring (bicyclic) bond motifs is 1. The maximum atomic E-state index is 12.7. The lowest BCUT2D eigenvalue weighted by Crippen LogP contribution is -2.48. The van der Waals surface area contributed by atoms with Crippen LogP contribution >= 0.6 is 0 Å². The Labute approximate surface area is 138 Å². The van der Waals surface area contributed by atoms with Crippen molar-refractivity contribution in [2.75, 3.05) is 11.4 Å². The van der Waals surface area contributed by atoms with E-state index in [4.69, 9.17) is 4.74 Å². The smallest absolute Gasteiger partial charge is 0.268 e. The maximum Gasteiger partial charge on any atom is 0.268 e. The van der Waals surface area contributed by atoms with E-state index in [1.165, 1.54) is 0 Å². The number of ketones is 1. The second-order valence-corrected chi connectivity index (χ2v) is 6.52. The van der Waals surface area contributed by atoms with E-state index >= 15 is 0 Å². The molecule has 1 aliphatic rings. The Balaban J connectivity index is 2.45. The molecule has 4 nitrogen and oxygen atoms in total. The van der Waals surface area contributed by atoms with Crippen molar-refractivity contribution >= 4 is 17.4 Å². The molecule has 0 aromatic heterocycles. The summed E-state index contributed by atoms with van der Waals surface area (Å²) in [4.78, 5) is 26.6. The zero-order valence-electron chi connectivity index (χ0n) is 14.4. The molecule has 0 fully saturated rings. The molecule has 4 heteroatoms. The number of hydrogen-bond acceptors (Lipinski definition) is 3. The molecule has 0 saturated heterocycles. The van der Waals surface area contributed by atoms with Gasteiger partial charge in [-0.1, -0.05) is 32.9 Å². The fourth-order valence-electron chi connectivity index (χ4n) is 2.69. The average Bonchev–Trinajstić information content (AvgIpc) is 2.49. The molecule has 0 saturated carbocycles. The van der Waals surface area contributed by atoms with Crippen molar-refractivity contribution in [1.29, 1.82) is 0 Å². The van der Waals surface area contributed by atoms with Gasteiger partial charge < -0.3 is 9.64 Å². The molecular formula is C19H25NO3. The molecule has 2 rings (SSSR count). The van der Waals surface area contributed by atoms with E-state index in [2.05, 4.69) is 6.58 Å². The summed E-state index contributed by atoms with van der Waals surface area (Å²) in [6, 6.07) is 5.35. The molecule has 1 heterocycles. The van der Waals surface area contributed by atoms with Gasteiger partial charge >= 0.3 is 0 Å². The van der Waals surface area contributed by atoms with Gasteiger partial charge in [-0.05, 0) is 37.5 Å². The minimum absolute atomic E-state index is 0.0735. The molecule has 1 amide bonds. The molecule has 0 N–H and O–H groups in total. The van der Waals surface area contributed by atoms with Crippen LogP contribution in [0.2, 0.25) is 0 Å². The highest BCUT2D eigenvalue weighted by Gasteiger charge is 2.36. The van der Waals surface area contributed by atoms with Crippen molar-refractivity contribution in [3.63, 3.8) is 0 Å². The molecule has 1 aliphatic heterocycles. The zero-order chi connectivity index (χ0) is 17.1. The number of Topliss-reactive ketones (excluding diaryl/α,β-unsaturated/α-hetero) is 1. The molecule has 1 aromatic carbocycles. The predicted octanol–water partition coefficient (Wildman–Crippen LogP) is 4.00. The molecule has 1 aromatic rings. The minimum Gasteiger partial charge on any atom is -0.478 e. The highest BCUT2D eigenvalue weighted by Crippen LogP contribution is 2.37. The van der Waals surface area contributed by atoms with Gasteiger partial charge in [0.2, 0.25) is 0 Å². The maximum absolute atomic E-state index is 12.7. The Morgan fingerprint density at radius 3 is 2.65 bits per heavy atom. The largest absolute Gasteiger partial charge is 0.478 e. The van der Waals surface area contributed by atoms with Crippen molar-refractivity contribution in [3.8, 4) is 5.75 Å². The van der Waals surface area contributed by atoms with Gasteiger partial charge in [-0.25, -0.2) is 0 Å². The van der Waals surface area contributed by atoms with Gasteiger partial charge in [0.25, 0.3) is 5.91 Å². The third kappa shape index (κ3) is 3.63. The van der Waals surface area contributed by atoms with Crippen LogP contribution in [0.1, 0.15) is 50.9 Å². The first-order chi connectivity index (χ1) is 10.8. The van der Waals surface area contributed by atoms with Crippen LogP contribution in [0.15, 0.2) is 30.4 Å². The number of benzene rings is 1. The van der Waals surface area contributed by atoms with Crippen LogP contribution in [0.25, 0.3) is 0 Å². The van der Waals surface area contributed by atoms with Crippen molar-refractivity contribution < 1.29 is 14.3 Å². The van der Waals surface area contributed by atoms with E-state index in [0.29, 0.717) is 30.0 Å². The Bertz CT molecular complexity index is 634. The summed E-state index contributed by atoms with van der Waals surface area (Å²) in [6.07, 6.45) is 0.804. The van der Waals surface area contributed by atoms with Gasteiger partial charge in [0.1, 0.15) is 5.75 Å². The first-order valence-electron chi connectivity index (χ1n) is 8.14. The lowest BCUT2D eigenvalue weighted by molar-refractivity contribution is -0.128. The predicted molar refractivity (Wildman–Crippen MR) is 92.1 cm³/mol. The van der Waals surface area contributed by atoms with Crippen molar-refractivity contribution in [2.24, 2.45) is 5.92 Å². The number of hydrogen-bond donors (Lipinski definition) is 0. The fraction of sp³-hybridized carbons (Fsp3) is 0.474. The van der Waals surface area contributed by atoms with Crippen LogP contribution in [0.3, 0.4) is 0 Å². The zero-order valence-corrected chi connectivity index (χ0v) is 14.4. The van der Waals surface area contributed by atoms with Crippen molar-refractivity contribution in [2.45, 2.75) is 46.6 Å². The van der Waals surface area contributed by atoms with Crippen LogP contribution in [-0.4, -0.2) is 24.3 Å². The van der Waals surface area contributed by atoms with Gasteiger partial charge in [-0.3, -0.25) is 9.59 Å². The van der Waals surface area contributed by atoms with E-state index in [1.807, 2.05) is 27.7 Å². The van der Waals surface area contributed by atoms with E-state index in [0.717, 1.165) is 12.0 Å². The van der Waals surface area contributed by atoms with Crippen LogP contribution in [-0.2, 0) is 4.79 Å². The van der Waals surface area contributed by atoms with Gasteiger partial charge in [0, 0.05) is 18.5 Å². The Morgan fingerprint density at radius 1 is 1.39 bits per heavy atom. The summed E-state index contributed by atoms with van der Waals surface area (Å²) < 4.78 is 5.88. The van der Waals surface area contributed by atoms with Crippen molar-refractivity contribution in [3.05, 3.63) is 35.9 Å².